The van der Waals surface area contributed by atoms with Crippen molar-refractivity contribution in [2.45, 2.75) is 64.2 Å². The molecule has 0 spiro atoms. The van der Waals surface area contributed by atoms with E-state index in [0.717, 1.165) is 38.5 Å². The first kappa shape index (κ1) is 26.2. The first-order chi connectivity index (χ1) is 12.3. The van der Waals surface area contributed by atoms with E-state index in [1.54, 1.807) is 0 Å². The van der Waals surface area contributed by atoms with Crippen LogP contribution in [0, 0.1) is 0 Å². The molecule has 0 unspecified atom stereocenters. The SMILES string of the molecule is O=C(O)CCCCCCCCC(=O)O.O=C1CCC(=O)N1O.OCCO. The minimum absolute atomic E-state index is 0.125. The van der Waals surface area contributed by atoms with E-state index in [4.69, 9.17) is 25.6 Å². The number of unbranched alkanes of at least 4 members (excludes halogenated alkanes) is 5. The fraction of sp³-hybridized carbons (Fsp3) is 0.750. The van der Waals surface area contributed by atoms with Crippen LogP contribution in [0.5, 0.6) is 0 Å². The Bertz CT molecular complexity index is 388. The quantitative estimate of drug-likeness (QED) is 0.209. The molecule has 10 heteroatoms. The molecule has 5 N–H and O–H groups in total. The molecule has 10 nitrogen and oxygen atoms in total. The summed E-state index contributed by atoms with van der Waals surface area (Å²) >= 11 is 0. The number of amides is 2. The van der Waals surface area contributed by atoms with E-state index >= 15 is 0 Å². The minimum Gasteiger partial charge on any atom is -0.481 e. The summed E-state index contributed by atoms with van der Waals surface area (Å²) in [4.78, 5) is 40.8. The summed E-state index contributed by atoms with van der Waals surface area (Å²) in [6.45, 7) is -0.250. The van der Waals surface area contributed by atoms with E-state index in [2.05, 4.69) is 0 Å². The fourth-order valence-corrected chi connectivity index (χ4v) is 1.82. The second-order valence-corrected chi connectivity index (χ2v) is 5.46. The van der Waals surface area contributed by atoms with Crippen molar-refractivity contribution < 1.29 is 44.8 Å². The average molecular weight is 379 g/mol. The van der Waals surface area contributed by atoms with Crippen LogP contribution in [0.15, 0.2) is 0 Å². The van der Waals surface area contributed by atoms with Gasteiger partial charge in [-0.3, -0.25) is 24.4 Å². The molecule has 0 aromatic carbocycles. The smallest absolute Gasteiger partial charge is 0.303 e. The van der Waals surface area contributed by atoms with E-state index in [0.29, 0.717) is 0 Å². The highest BCUT2D eigenvalue weighted by Gasteiger charge is 2.26. The molecule has 0 aromatic rings. The first-order valence-electron chi connectivity index (χ1n) is 8.46. The summed E-state index contributed by atoms with van der Waals surface area (Å²) in [7, 11) is 0. The molecule has 1 fully saturated rings. The largest absolute Gasteiger partial charge is 0.481 e. The molecule has 152 valence electrons. The van der Waals surface area contributed by atoms with Crippen molar-refractivity contribution in [3.63, 3.8) is 0 Å². The van der Waals surface area contributed by atoms with Crippen molar-refractivity contribution in [1.82, 2.24) is 5.06 Å². The zero-order valence-electron chi connectivity index (χ0n) is 14.8. The van der Waals surface area contributed by atoms with Gasteiger partial charge in [0, 0.05) is 25.7 Å². The number of aliphatic hydroxyl groups excluding tert-OH is 2. The van der Waals surface area contributed by atoms with Crippen LogP contribution in [-0.4, -0.2) is 67.7 Å². The molecule has 1 aliphatic rings. The lowest BCUT2D eigenvalue weighted by Crippen LogP contribution is -2.24. The van der Waals surface area contributed by atoms with Gasteiger partial charge in [-0.15, -0.1) is 0 Å². The molecule has 0 atom stereocenters. The summed E-state index contributed by atoms with van der Waals surface area (Å²) in [6.07, 6.45) is 6.12. The molecule has 26 heavy (non-hydrogen) atoms. The number of carbonyl (C=O) groups excluding carboxylic acids is 2. The van der Waals surface area contributed by atoms with Crippen LogP contribution in [-0.2, 0) is 19.2 Å². The van der Waals surface area contributed by atoms with E-state index in [1.807, 2.05) is 0 Å². The van der Waals surface area contributed by atoms with Crippen molar-refractivity contribution in [2.24, 2.45) is 0 Å². The molecular formula is C16H29NO9. The Morgan fingerprint density at radius 3 is 1.23 bits per heavy atom. The number of hydrogen-bond acceptors (Lipinski definition) is 7. The van der Waals surface area contributed by atoms with Gasteiger partial charge < -0.3 is 20.4 Å². The van der Waals surface area contributed by atoms with Gasteiger partial charge in [0.15, 0.2) is 0 Å². The zero-order valence-corrected chi connectivity index (χ0v) is 14.8. The van der Waals surface area contributed by atoms with Gasteiger partial charge in [-0.25, -0.2) is 0 Å². The summed E-state index contributed by atoms with van der Waals surface area (Å²) in [5.74, 6) is -2.49. The van der Waals surface area contributed by atoms with Gasteiger partial charge in [-0.05, 0) is 12.8 Å². The third kappa shape index (κ3) is 18.3. The van der Waals surface area contributed by atoms with Crippen LogP contribution in [0.3, 0.4) is 0 Å². The lowest BCUT2D eigenvalue weighted by Gasteiger charge is -1.98. The zero-order chi connectivity index (χ0) is 20.4. The first-order valence-corrected chi connectivity index (χ1v) is 8.46. The van der Waals surface area contributed by atoms with Gasteiger partial charge in [0.2, 0.25) is 0 Å². The normalized spacial score (nSPS) is 12.8. The van der Waals surface area contributed by atoms with Gasteiger partial charge in [0.05, 0.1) is 13.2 Å². The second kappa shape index (κ2) is 17.8. The minimum atomic E-state index is -0.740. The molecule has 0 radical (unpaired) electrons. The predicted octanol–water partition coefficient (Wildman–Crippen LogP) is 0.772. The summed E-state index contributed by atoms with van der Waals surface area (Å²) < 4.78 is 0. The van der Waals surface area contributed by atoms with Crippen LogP contribution in [0.25, 0.3) is 0 Å². The summed E-state index contributed by atoms with van der Waals surface area (Å²) in [6, 6.07) is 0. The van der Waals surface area contributed by atoms with E-state index in [9.17, 15) is 19.2 Å². The molecule has 2 amide bonds. The summed E-state index contributed by atoms with van der Waals surface area (Å²) in [5, 5.41) is 40.5. The Hall–Kier alpha value is -2.04. The number of carboxylic acids is 2. The van der Waals surface area contributed by atoms with Crippen LogP contribution < -0.4 is 0 Å². The van der Waals surface area contributed by atoms with Crippen LogP contribution >= 0.6 is 0 Å². The predicted molar refractivity (Wildman–Crippen MR) is 89.3 cm³/mol. The maximum absolute atomic E-state index is 10.2. The Morgan fingerprint density at radius 2 is 1.04 bits per heavy atom. The topological polar surface area (TPSA) is 173 Å². The van der Waals surface area contributed by atoms with Crippen molar-refractivity contribution in [3.8, 4) is 0 Å². The van der Waals surface area contributed by atoms with Crippen molar-refractivity contribution in [3.05, 3.63) is 0 Å². The Morgan fingerprint density at radius 1 is 0.731 bits per heavy atom. The molecule has 1 saturated heterocycles. The highest BCUT2D eigenvalue weighted by molar-refractivity contribution is 6.00. The molecule has 0 bridgehead atoms. The van der Waals surface area contributed by atoms with Crippen molar-refractivity contribution in [1.29, 1.82) is 0 Å². The number of aliphatic carboxylic acids is 2. The molecule has 0 aliphatic carbocycles. The number of carboxylic acid groups (broad SMARTS) is 2. The monoisotopic (exact) mass is 379 g/mol. The third-order valence-corrected chi connectivity index (χ3v) is 3.16. The molecule has 1 heterocycles. The number of hydrogen-bond donors (Lipinski definition) is 5. The van der Waals surface area contributed by atoms with Gasteiger partial charge in [-0.1, -0.05) is 25.7 Å². The van der Waals surface area contributed by atoms with Crippen molar-refractivity contribution >= 4 is 23.8 Å². The highest BCUT2D eigenvalue weighted by atomic mass is 16.5. The van der Waals surface area contributed by atoms with Crippen LogP contribution in [0.4, 0.5) is 0 Å². The molecule has 0 saturated carbocycles. The van der Waals surface area contributed by atoms with E-state index in [1.165, 1.54) is 0 Å². The Kier molecular flexibility index (Phi) is 17.9. The Labute approximate surface area is 152 Å². The number of rotatable bonds is 10. The fourth-order valence-electron chi connectivity index (χ4n) is 1.82. The molecule has 0 aromatic heterocycles. The second-order valence-electron chi connectivity index (χ2n) is 5.46. The van der Waals surface area contributed by atoms with Gasteiger partial charge in [0.25, 0.3) is 11.8 Å². The summed E-state index contributed by atoms with van der Waals surface area (Å²) in [5.41, 5.74) is 0. The Balaban J connectivity index is 0. The van der Waals surface area contributed by atoms with Crippen molar-refractivity contribution in [2.75, 3.05) is 13.2 Å². The van der Waals surface area contributed by atoms with Crippen LogP contribution in [0.1, 0.15) is 64.2 Å². The van der Waals surface area contributed by atoms with Crippen LogP contribution in [0.2, 0.25) is 0 Å². The standard InChI is InChI=1S/C10H18O4.C4H5NO3.C2H6O2/c11-9(12)7-5-3-1-2-4-6-8-10(13)14;6-3-1-2-4(7)5(3)8;3-1-2-4/h1-8H2,(H,11,12)(H,13,14);8H,1-2H2;3-4H,1-2H2. The lowest BCUT2D eigenvalue weighted by atomic mass is 10.1. The average Bonchev–Trinajstić information content (AvgIpc) is 2.88. The lowest BCUT2D eigenvalue weighted by molar-refractivity contribution is -0.171. The number of nitrogens with zero attached hydrogens (tertiary/aromatic N) is 1. The van der Waals surface area contributed by atoms with E-state index in [-0.39, 0.29) is 44.0 Å². The molecule has 1 aliphatic heterocycles. The molecule has 1 rings (SSSR count). The van der Waals surface area contributed by atoms with E-state index < -0.39 is 23.8 Å². The number of aliphatic hydroxyl groups is 2. The number of carbonyl (C=O) groups is 4. The maximum Gasteiger partial charge on any atom is 0.303 e. The maximum atomic E-state index is 10.2. The number of hydroxylamine groups is 2. The van der Waals surface area contributed by atoms with Gasteiger partial charge in [-0.2, -0.15) is 5.06 Å². The highest BCUT2D eigenvalue weighted by Crippen LogP contribution is 2.08. The van der Waals surface area contributed by atoms with Gasteiger partial charge in [0.1, 0.15) is 0 Å². The van der Waals surface area contributed by atoms with Gasteiger partial charge >= 0.3 is 11.9 Å². The molecular weight excluding hydrogens is 350 g/mol. The number of imide groups is 1. The third-order valence-electron chi connectivity index (χ3n) is 3.16.